The smallest absolute Gasteiger partial charge is 0.249 e. The van der Waals surface area contributed by atoms with Gasteiger partial charge >= 0.3 is 0 Å². The maximum atomic E-state index is 11.0. The van der Waals surface area contributed by atoms with E-state index in [-0.39, 0.29) is 34.0 Å². The van der Waals surface area contributed by atoms with E-state index in [0.29, 0.717) is 11.1 Å². The van der Waals surface area contributed by atoms with Crippen molar-refractivity contribution in [2.24, 2.45) is 11.5 Å². The molecule has 2 rings (SSSR count). The third-order valence-electron chi connectivity index (χ3n) is 3.93. The number of carbonyl (C=O) groups excluding carboxylic acids is 2. The number of unbranched alkanes of at least 4 members (excludes halogenated alkanes) is 3. The van der Waals surface area contributed by atoms with Gasteiger partial charge < -0.3 is 45.4 Å². The molecule has 8 heteroatoms. The molecule has 0 unspecified atom stereocenters. The van der Waals surface area contributed by atoms with Gasteiger partial charge in [0.25, 0.3) is 0 Å². The molecule has 6 nitrogen and oxygen atoms in total. The van der Waals surface area contributed by atoms with Crippen molar-refractivity contribution in [2.75, 3.05) is 0 Å². The molecule has 0 aliphatic rings. The Bertz CT molecular complexity index is 630. The predicted molar refractivity (Wildman–Crippen MR) is 88.8 cm³/mol. The fourth-order valence-electron chi connectivity index (χ4n) is 2.48. The Kier molecular flexibility index (Phi) is 11.7. The largest absolute Gasteiger partial charge is 1.00 e. The number of hydrogen-bond donors (Lipinski definition) is 2. The van der Waals surface area contributed by atoms with Gasteiger partial charge in [-0.05, 0) is 12.8 Å². The molecule has 0 saturated carbocycles. The highest BCUT2D eigenvalue weighted by Gasteiger charge is 2.06. The van der Waals surface area contributed by atoms with Gasteiger partial charge in [-0.25, -0.2) is 9.13 Å². The molecule has 0 spiro atoms. The topological polar surface area (TPSA) is 93.9 Å². The summed E-state index contributed by atoms with van der Waals surface area (Å²) in [4.78, 5) is 22.0. The Morgan fingerprint density at radius 2 is 0.962 bits per heavy atom. The van der Waals surface area contributed by atoms with E-state index in [0.717, 1.165) is 38.8 Å². The quantitative estimate of drug-likeness (QED) is 0.273. The van der Waals surface area contributed by atoms with Crippen molar-refractivity contribution < 1.29 is 52.7 Å². The predicted octanol–water partition coefficient (Wildman–Crippen LogP) is -5.27. The molecular formula is C18H24Br2N4O2. The molecule has 0 atom stereocenters. The van der Waals surface area contributed by atoms with Gasteiger partial charge in [-0.15, -0.1) is 0 Å². The van der Waals surface area contributed by atoms with Gasteiger partial charge in [-0.2, -0.15) is 0 Å². The highest BCUT2D eigenvalue weighted by Crippen LogP contribution is 2.01. The summed E-state index contributed by atoms with van der Waals surface area (Å²) in [5.74, 6) is -0.799. The van der Waals surface area contributed by atoms with E-state index < -0.39 is 11.8 Å². The summed E-state index contributed by atoms with van der Waals surface area (Å²) in [5, 5.41) is 0. The van der Waals surface area contributed by atoms with Crippen molar-refractivity contribution in [2.45, 2.75) is 38.8 Å². The third-order valence-corrected chi connectivity index (χ3v) is 3.93. The van der Waals surface area contributed by atoms with Crippen LogP contribution in [0.1, 0.15) is 46.4 Å². The Morgan fingerprint density at radius 3 is 1.23 bits per heavy atom. The van der Waals surface area contributed by atoms with Crippen LogP contribution >= 0.6 is 0 Å². The van der Waals surface area contributed by atoms with Crippen LogP contribution in [-0.4, -0.2) is 11.8 Å². The Hall–Kier alpha value is -1.80. The van der Waals surface area contributed by atoms with Crippen molar-refractivity contribution in [1.29, 1.82) is 0 Å². The Labute approximate surface area is 174 Å². The number of hydrogen-bond acceptors (Lipinski definition) is 2. The molecule has 0 bridgehead atoms. The fourth-order valence-corrected chi connectivity index (χ4v) is 2.48. The Balaban J connectivity index is 0.00000312. The minimum atomic E-state index is -0.400. The lowest BCUT2D eigenvalue weighted by Crippen LogP contribution is -3.00. The molecule has 0 fully saturated rings. The number of halogens is 2. The SMILES string of the molecule is NC(=O)c1cc[n+](CCCCCC[n+]2ccc(C(N)=O)cc2)cc1.[Br-].[Br-]. The van der Waals surface area contributed by atoms with Crippen molar-refractivity contribution >= 4 is 11.8 Å². The van der Waals surface area contributed by atoms with Crippen LogP contribution in [0.3, 0.4) is 0 Å². The molecule has 142 valence electrons. The van der Waals surface area contributed by atoms with Crippen molar-refractivity contribution in [1.82, 2.24) is 0 Å². The average Bonchev–Trinajstić information content (AvgIpc) is 2.58. The molecule has 2 aromatic rings. The summed E-state index contributed by atoms with van der Waals surface area (Å²) in [6.07, 6.45) is 12.0. The number of pyridine rings is 2. The number of rotatable bonds is 9. The van der Waals surface area contributed by atoms with E-state index in [1.807, 2.05) is 24.8 Å². The number of aromatic nitrogens is 2. The summed E-state index contributed by atoms with van der Waals surface area (Å²) in [7, 11) is 0. The van der Waals surface area contributed by atoms with Crippen LogP contribution in [0.25, 0.3) is 0 Å². The lowest BCUT2D eigenvalue weighted by molar-refractivity contribution is -0.698. The highest BCUT2D eigenvalue weighted by molar-refractivity contribution is 5.92. The molecule has 2 amide bonds. The molecule has 2 aromatic heterocycles. The summed E-state index contributed by atoms with van der Waals surface area (Å²) in [6, 6.07) is 6.98. The lowest BCUT2D eigenvalue weighted by atomic mass is 10.2. The summed E-state index contributed by atoms with van der Waals surface area (Å²) >= 11 is 0. The van der Waals surface area contributed by atoms with E-state index >= 15 is 0 Å². The van der Waals surface area contributed by atoms with Gasteiger partial charge in [0.2, 0.25) is 11.8 Å². The molecule has 0 radical (unpaired) electrons. The first kappa shape index (κ1) is 24.2. The maximum absolute atomic E-state index is 11.0. The number of amides is 2. The van der Waals surface area contributed by atoms with Crippen LogP contribution in [0.15, 0.2) is 49.1 Å². The third kappa shape index (κ3) is 8.05. The standard InChI is InChI=1S/C18H22N4O2.2BrH/c19-17(23)15-5-11-21(12-6-15)9-3-1-2-4-10-22-13-7-16(8-14-22)18(20)24;;/h5-8,11-14H,1-4,9-10H2,(H2-2,19,20,23,24);2*1H. The minimum Gasteiger partial charge on any atom is -1.00 e. The number of nitrogens with two attached hydrogens (primary N) is 2. The molecule has 0 saturated heterocycles. The minimum absolute atomic E-state index is 0. The number of aryl methyl sites for hydroxylation is 2. The van der Waals surface area contributed by atoms with E-state index in [2.05, 4.69) is 9.13 Å². The van der Waals surface area contributed by atoms with Crippen molar-refractivity contribution in [3.8, 4) is 0 Å². The molecular weight excluding hydrogens is 464 g/mol. The monoisotopic (exact) mass is 486 g/mol. The number of nitrogens with zero attached hydrogens (tertiary/aromatic N) is 2. The molecule has 26 heavy (non-hydrogen) atoms. The van der Waals surface area contributed by atoms with E-state index in [9.17, 15) is 9.59 Å². The second kappa shape index (κ2) is 12.5. The van der Waals surface area contributed by atoms with Gasteiger partial charge in [0, 0.05) is 37.1 Å². The molecule has 0 aliphatic heterocycles. The van der Waals surface area contributed by atoms with Gasteiger partial charge in [0.15, 0.2) is 24.8 Å². The molecule has 0 aliphatic carbocycles. The van der Waals surface area contributed by atoms with Crippen LogP contribution in [0, 0.1) is 0 Å². The van der Waals surface area contributed by atoms with Gasteiger partial charge in [0.1, 0.15) is 13.1 Å². The first-order valence-electron chi connectivity index (χ1n) is 8.14. The molecule has 2 heterocycles. The first-order chi connectivity index (χ1) is 11.6. The van der Waals surface area contributed by atoms with E-state index in [1.165, 1.54) is 0 Å². The van der Waals surface area contributed by atoms with Crippen LogP contribution in [0.2, 0.25) is 0 Å². The number of carbonyl (C=O) groups is 2. The van der Waals surface area contributed by atoms with E-state index in [1.54, 1.807) is 24.3 Å². The number of primary amides is 2. The zero-order valence-electron chi connectivity index (χ0n) is 14.5. The normalized spacial score (nSPS) is 9.69. The summed E-state index contributed by atoms with van der Waals surface area (Å²) < 4.78 is 4.12. The van der Waals surface area contributed by atoms with Crippen LogP contribution in [0.5, 0.6) is 0 Å². The Morgan fingerprint density at radius 1 is 0.654 bits per heavy atom. The lowest BCUT2D eigenvalue weighted by Gasteiger charge is -2.00. The van der Waals surface area contributed by atoms with Crippen molar-refractivity contribution in [3.63, 3.8) is 0 Å². The first-order valence-corrected chi connectivity index (χ1v) is 8.14. The molecule has 0 aromatic carbocycles. The highest BCUT2D eigenvalue weighted by atomic mass is 79.9. The second-order valence-electron chi connectivity index (χ2n) is 5.79. The average molecular weight is 488 g/mol. The van der Waals surface area contributed by atoms with Crippen LogP contribution < -0.4 is 54.6 Å². The van der Waals surface area contributed by atoms with Crippen LogP contribution in [-0.2, 0) is 13.1 Å². The fraction of sp³-hybridized carbons (Fsp3) is 0.333. The summed E-state index contributed by atoms with van der Waals surface area (Å²) in [5.41, 5.74) is 11.5. The van der Waals surface area contributed by atoms with Gasteiger partial charge in [-0.1, -0.05) is 0 Å². The second-order valence-corrected chi connectivity index (χ2v) is 5.79. The van der Waals surface area contributed by atoms with Crippen molar-refractivity contribution in [3.05, 3.63) is 60.2 Å². The van der Waals surface area contributed by atoms with E-state index in [4.69, 9.17) is 11.5 Å². The van der Waals surface area contributed by atoms with Gasteiger partial charge in [0.05, 0.1) is 11.1 Å². The summed E-state index contributed by atoms with van der Waals surface area (Å²) in [6.45, 7) is 1.86. The maximum Gasteiger partial charge on any atom is 0.249 e. The zero-order valence-corrected chi connectivity index (χ0v) is 17.7. The van der Waals surface area contributed by atoms with Gasteiger partial charge in [-0.3, -0.25) is 9.59 Å². The van der Waals surface area contributed by atoms with Crippen LogP contribution in [0.4, 0.5) is 0 Å². The molecule has 4 N–H and O–H groups in total. The zero-order chi connectivity index (χ0) is 17.4.